The van der Waals surface area contributed by atoms with Crippen molar-refractivity contribution in [2.24, 2.45) is 0 Å². The van der Waals surface area contributed by atoms with E-state index < -0.39 is 0 Å². The number of imidazole rings is 1. The number of halogens is 1. The van der Waals surface area contributed by atoms with Gasteiger partial charge in [0, 0.05) is 29.7 Å². The van der Waals surface area contributed by atoms with Gasteiger partial charge in [-0.05, 0) is 50.5 Å². The number of amides is 1. The summed E-state index contributed by atoms with van der Waals surface area (Å²) in [6, 6.07) is 15.8. The molecule has 7 heteroatoms. The lowest BCUT2D eigenvalue weighted by Crippen LogP contribution is -2.39. The van der Waals surface area contributed by atoms with Gasteiger partial charge < -0.3 is 9.88 Å². The average molecular weight is 448 g/mol. The molecule has 3 heterocycles. The zero-order chi connectivity index (χ0) is 22.2. The SMILES string of the molecule is Cc1nn(Cc2ccccc2Cl)c(C)c1C(=O)N1CCCC(c2nc3ccccc3[nH]2)C1. The van der Waals surface area contributed by atoms with E-state index in [1.54, 1.807) is 0 Å². The van der Waals surface area contributed by atoms with Crippen molar-refractivity contribution in [2.75, 3.05) is 13.1 Å². The van der Waals surface area contributed by atoms with E-state index >= 15 is 0 Å². The Labute approximate surface area is 192 Å². The monoisotopic (exact) mass is 447 g/mol. The number of aromatic amines is 1. The molecule has 5 rings (SSSR count). The van der Waals surface area contributed by atoms with Gasteiger partial charge in [0.25, 0.3) is 5.91 Å². The van der Waals surface area contributed by atoms with Crippen LogP contribution >= 0.6 is 11.6 Å². The highest BCUT2D eigenvalue weighted by atomic mass is 35.5. The second kappa shape index (κ2) is 8.43. The summed E-state index contributed by atoms with van der Waals surface area (Å²) in [5.74, 6) is 1.22. The second-order valence-corrected chi connectivity index (χ2v) is 8.93. The number of H-pyrrole nitrogens is 1. The van der Waals surface area contributed by atoms with E-state index in [4.69, 9.17) is 16.6 Å². The first-order chi connectivity index (χ1) is 15.5. The van der Waals surface area contributed by atoms with Crippen molar-refractivity contribution in [1.29, 1.82) is 0 Å². The molecule has 0 bridgehead atoms. The molecule has 0 saturated carbocycles. The minimum absolute atomic E-state index is 0.0474. The van der Waals surface area contributed by atoms with Gasteiger partial charge in [-0.25, -0.2) is 4.98 Å². The lowest BCUT2D eigenvalue weighted by Gasteiger charge is -2.32. The van der Waals surface area contributed by atoms with E-state index in [0.29, 0.717) is 23.7 Å². The molecule has 2 aromatic heterocycles. The number of hydrogen-bond donors (Lipinski definition) is 1. The Kier molecular flexibility index (Phi) is 5.47. The molecule has 6 nitrogen and oxygen atoms in total. The minimum Gasteiger partial charge on any atom is -0.342 e. The van der Waals surface area contributed by atoms with Crippen LogP contribution in [0.4, 0.5) is 0 Å². The van der Waals surface area contributed by atoms with Crippen molar-refractivity contribution in [3.63, 3.8) is 0 Å². The van der Waals surface area contributed by atoms with Crippen molar-refractivity contribution in [1.82, 2.24) is 24.6 Å². The van der Waals surface area contributed by atoms with Crippen LogP contribution in [0.25, 0.3) is 11.0 Å². The van der Waals surface area contributed by atoms with Gasteiger partial charge in [-0.15, -0.1) is 0 Å². The van der Waals surface area contributed by atoms with Crippen molar-refractivity contribution in [2.45, 2.75) is 39.2 Å². The van der Waals surface area contributed by atoms with Crippen LogP contribution in [-0.2, 0) is 6.54 Å². The molecule has 1 saturated heterocycles. The standard InChI is InChI=1S/C25H26ClN5O/c1-16-23(17(2)31(29-16)15-18-8-3-4-10-20(18)26)25(32)30-13-7-9-19(14-30)24-27-21-11-5-6-12-22(21)28-24/h3-6,8,10-12,19H,7,9,13-15H2,1-2H3,(H,27,28). The minimum atomic E-state index is 0.0474. The molecule has 4 aromatic rings. The van der Waals surface area contributed by atoms with Crippen LogP contribution in [-0.4, -0.2) is 43.6 Å². The quantitative estimate of drug-likeness (QED) is 0.473. The maximum absolute atomic E-state index is 13.5. The van der Waals surface area contributed by atoms with E-state index in [1.165, 1.54) is 0 Å². The second-order valence-electron chi connectivity index (χ2n) is 8.52. The zero-order valence-corrected chi connectivity index (χ0v) is 19.1. The third-order valence-electron chi connectivity index (χ3n) is 6.38. The molecule has 0 aliphatic carbocycles. The van der Waals surface area contributed by atoms with Gasteiger partial charge in [0.1, 0.15) is 5.82 Å². The molecular weight excluding hydrogens is 422 g/mol. The molecule has 0 spiro atoms. The Hall–Kier alpha value is -3.12. The van der Waals surface area contributed by atoms with Crippen LogP contribution in [0, 0.1) is 13.8 Å². The van der Waals surface area contributed by atoms with Gasteiger partial charge in [0.2, 0.25) is 0 Å². The molecule has 1 atom stereocenters. The molecule has 1 N–H and O–H groups in total. The zero-order valence-electron chi connectivity index (χ0n) is 18.3. The number of aromatic nitrogens is 4. The number of rotatable bonds is 4. The van der Waals surface area contributed by atoms with Crippen molar-refractivity contribution in [3.8, 4) is 0 Å². The highest BCUT2D eigenvalue weighted by Gasteiger charge is 2.30. The average Bonchev–Trinajstić information content (AvgIpc) is 3.35. The predicted molar refractivity (Wildman–Crippen MR) is 126 cm³/mol. The lowest BCUT2D eigenvalue weighted by molar-refractivity contribution is 0.0703. The van der Waals surface area contributed by atoms with Crippen molar-refractivity contribution in [3.05, 3.63) is 81.9 Å². The lowest BCUT2D eigenvalue weighted by atomic mass is 9.96. The first-order valence-corrected chi connectivity index (χ1v) is 11.4. The summed E-state index contributed by atoms with van der Waals surface area (Å²) in [6.45, 7) is 5.83. The summed E-state index contributed by atoms with van der Waals surface area (Å²) in [4.78, 5) is 23.7. The Morgan fingerprint density at radius 1 is 1.16 bits per heavy atom. The predicted octanol–water partition coefficient (Wildman–Crippen LogP) is 5.10. The Balaban J connectivity index is 1.37. The van der Waals surface area contributed by atoms with E-state index in [9.17, 15) is 4.79 Å². The largest absolute Gasteiger partial charge is 0.342 e. The fourth-order valence-corrected chi connectivity index (χ4v) is 4.85. The van der Waals surface area contributed by atoms with Gasteiger partial charge in [-0.1, -0.05) is 41.9 Å². The number of nitrogens with one attached hydrogen (secondary N) is 1. The first-order valence-electron chi connectivity index (χ1n) is 11.0. The van der Waals surface area contributed by atoms with Gasteiger partial charge >= 0.3 is 0 Å². The Morgan fingerprint density at radius 2 is 1.94 bits per heavy atom. The van der Waals surface area contributed by atoms with Crippen LogP contribution in [0.15, 0.2) is 48.5 Å². The molecule has 1 fully saturated rings. The summed E-state index contributed by atoms with van der Waals surface area (Å²) in [6.07, 6.45) is 1.98. The van der Waals surface area contributed by atoms with Gasteiger partial charge in [0.15, 0.2) is 0 Å². The smallest absolute Gasteiger partial charge is 0.257 e. The van der Waals surface area contributed by atoms with Gasteiger partial charge in [0.05, 0.1) is 28.8 Å². The fourth-order valence-electron chi connectivity index (χ4n) is 4.66. The first kappa shape index (κ1) is 20.8. The molecule has 1 aliphatic heterocycles. The summed E-state index contributed by atoms with van der Waals surface area (Å²) < 4.78 is 1.88. The van der Waals surface area contributed by atoms with E-state index in [1.807, 2.05) is 72.0 Å². The van der Waals surface area contributed by atoms with E-state index in [-0.39, 0.29) is 11.8 Å². The van der Waals surface area contributed by atoms with E-state index in [2.05, 4.69) is 10.1 Å². The number of fused-ring (bicyclic) bond motifs is 1. The van der Waals surface area contributed by atoms with Crippen molar-refractivity contribution >= 4 is 28.5 Å². The third kappa shape index (κ3) is 3.79. The normalized spacial score (nSPS) is 16.6. The molecule has 32 heavy (non-hydrogen) atoms. The number of benzene rings is 2. The topological polar surface area (TPSA) is 66.8 Å². The molecular formula is C25H26ClN5O. The van der Waals surface area contributed by atoms with Gasteiger partial charge in [-0.2, -0.15) is 5.10 Å². The molecule has 2 aromatic carbocycles. The summed E-state index contributed by atoms with van der Waals surface area (Å²) in [5, 5.41) is 5.37. The molecule has 1 amide bonds. The summed E-state index contributed by atoms with van der Waals surface area (Å²) in [5.41, 5.74) is 5.32. The van der Waals surface area contributed by atoms with Crippen molar-refractivity contribution < 1.29 is 4.79 Å². The summed E-state index contributed by atoms with van der Waals surface area (Å²) >= 11 is 6.34. The number of likely N-dealkylation sites (tertiary alicyclic amines) is 1. The molecule has 164 valence electrons. The molecule has 0 radical (unpaired) electrons. The van der Waals surface area contributed by atoms with Crippen LogP contribution in [0.5, 0.6) is 0 Å². The van der Waals surface area contributed by atoms with E-state index in [0.717, 1.165) is 53.2 Å². The fraction of sp³-hybridized carbons (Fsp3) is 0.320. The number of carbonyl (C=O) groups excluding carboxylic acids is 1. The number of piperidine rings is 1. The molecule has 1 aliphatic rings. The number of aryl methyl sites for hydroxylation is 1. The maximum atomic E-state index is 13.5. The van der Waals surface area contributed by atoms with Crippen LogP contribution < -0.4 is 0 Å². The van der Waals surface area contributed by atoms with Crippen LogP contribution in [0.1, 0.15) is 51.9 Å². The number of nitrogens with zero attached hydrogens (tertiary/aromatic N) is 4. The van der Waals surface area contributed by atoms with Crippen LogP contribution in [0.3, 0.4) is 0 Å². The summed E-state index contributed by atoms with van der Waals surface area (Å²) in [7, 11) is 0. The number of carbonyl (C=O) groups is 1. The maximum Gasteiger partial charge on any atom is 0.257 e. The Bertz CT molecular complexity index is 1260. The Morgan fingerprint density at radius 3 is 2.75 bits per heavy atom. The molecule has 1 unspecified atom stereocenters. The number of para-hydroxylation sites is 2. The van der Waals surface area contributed by atoms with Gasteiger partial charge in [-0.3, -0.25) is 9.48 Å². The highest BCUT2D eigenvalue weighted by molar-refractivity contribution is 6.31. The van der Waals surface area contributed by atoms with Crippen LogP contribution in [0.2, 0.25) is 5.02 Å². The highest BCUT2D eigenvalue weighted by Crippen LogP contribution is 2.29. The third-order valence-corrected chi connectivity index (χ3v) is 6.75. The number of hydrogen-bond acceptors (Lipinski definition) is 3.